The van der Waals surface area contributed by atoms with Gasteiger partial charge >= 0.3 is 12.4 Å². The smallest absolute Gasteiger partial charge is 0.391 e. The Morgan fingerprint density at radius 3 is 0.845 bits per heavy atom. The van der Waals surface area contributed by atoms with Gasteiger partial charge in [-0.3, -0.25) is 58.8 Å². The molecule has 0 saturated heterocycles. The Hall–Kier alpha value is -12.7. The number of halogens is 6. The Morgan fingerprint density at radius 2 is 0.627 bits per heavy atom. The highest BCUT2D eigenvalue weighted by atomic mass is 19.4. The first-order chi connectivity index (χ1) is 52.0. The number of ether oxygens (including phenoxy) is 4. The molecular formula is C84H72F6N6O14. The number of fused-ring (bicyclic) bond motifs is 2. The molecule has 2 atom stereocenters. The van der Waals surface area contributed by atoms with E-state index in [4.69, 9.17) is 27.8 Å². The lowest BCUT2D eigenvalue weighted by molar-refractivity contribution is -0.151. The number of hydrogen-bond acceptors (Lipinski definition) is 14. The van der Waals surface area contributed by atoms with Gasteiger partial charge in [-0.05, 0) is 133 Å². The predicted octanol–water partition coefficient (Wildman–Crippen LogP) is 20.7. The van der Waals surface area contributed by atoms with E-state index in [2.05, 4.69) is 34.4 Å². The predicted molar refractivity (Wildman–Crippen MR) is 402 cm³/mol. The number of alkyl halides is 6. The van der Waals surface area contributed by atoms with Crippen LogP contribution in [0, 0.1) is 0 Å². The zero-order valence-electron chi connectivity index (χ0n) is 61.0. The van der Waals surface area contributed by atoms with Gasteiger partial charge in [0.1, 0.15) is 70.6 Å². The number of carbonyl (C=O) groups excluding carboxylic acids is 8. The van der Waals surface area contributed by atoms with Crippen molar-refractivity contribution in [2.75, 3.05) is 21.3 Å². The highest BCUT2D eigenvalue weighted by molar-refractivity contribution is 6.45. The summed E-state index contributed by atoms with van der Waals surface area (Å²) in [6.07, 6.45) is -12.8. The Bertz CT molecular complexity index is 5040. The quantitative estimate of drug-likeness (QED) is 0.0144. The fourth-order valence-electron chi connectivity index (χ4n) is 13.5. The monoisotopic (exact) mass is 1500 g/mol. The van der Waals surface area contributed by atoms with Crippen LogP contribution in [0.25, 0.3) is 43.1 Å². The van der Waals surface area contributed by atoms with E-state index in [0.29, 0.717) is 0 Å². The topological polar surface area (TPSA) is 254 Å². The molecule has 9 aromatic carbocycles. The van der Waals surface area contributed by atoms with Crippen molar-refractivity contribution >= 4 is 113 Å². The summed E-state index contributed by atoms with van der Waals surface area (Å²) in [7, 11) is 0. The van der Waals surface area contributed by atoms with Crippen molar-refractivity contribution in [3.05, 3.63) is 215 Å². The Balaban J connectivity index is 1.16. The second kappa shape index (κ2) is 29.1. The molecule has 4 heterocycles. The maximum absolute atomic E-state index is 16.1. The molecule has 0 spiro atoms. The van der Waals surface area contributed by atoms with E-state index in [1.165, 1.54) is 38.1 Å². The normalized spacial score (nSPS) is 13.7. The van der Waals surface area contributed by atoms with E-state index in [1.807, 2.05) is 55.4 Å². The number of rotatable bonds is 24. The van der Waals surface area contributed by atoms with E-state index < -0.39 is 119 Å². The van der Waals surface area contributed by atoms with E-state index in [9.17, 15) is 19.2 Å². The molecule has 0 aliphatic carbocycles. The number of anilines is 4. The van der Waals surface area contributed by atoms with Crippen molar-refractivity contribution in [3.63, 3.8) is 0 Å². The summed E-state index contributed by atoms with van der Waals surface area (Å²) in [4.78, 5) is 120. The number of furan rings is 2. The fourth-order valence-corrected chi connectivity index (χ4v) is 13.5. The first-order valence-electron chi connectivity index (χ1n) is 35.1. The lowest BCUT2D eigenvalue weighted by atomic mass is 9.80. The molecule has 0 radical (unpaired) electrons. The van der Waals surface area contributed by atoms with Crippen LogP contribution in [0.15, 0.2) is 179 Å². The lowest BCUT2D eigenvalue weighted by Crippen LogP contribution is -2.53. The first kappa shape index (κ1) is 75.5. The summed E-state index contributed by atoms with van der Waals surface area (Å²) in [6, 6.07) is 28.4. The van der Waals surface area contributed by atoms with Crippen molar-refractivity contribution in [3.8, 4) is 46.0 Å². The molecule has 13 rings (SSSR count). The Morgan fingerprint density at radius 1 is 0.382 bits per heavy atom. The van der Waals surface area contributed by atoms with Crippen molar-refractivity contribution in [1.82, 2.24) is 9.80 Å². The number of hydrogen-bond donors (Lipinski definition) is 4. The van der Waals surface area contributed by atoms with Gasteiger partial charge in [0.25, 0.3) is 35.4 Å². The van der Waals surface area contributed by atoms with Crippen molar-refractivity contribution in [2.45, 2.75) is 130 Å². The van der Waals surface area contributed by atoms with Gasteiger partial charge in [-0.15, -0.1) is 0 Å². The molecule has 2 aliphatic rings. The van der Waals surface area contributed by atoms with Crippen LogP contribution in [0.5, 0.6) is 46.0 Å². The maximum atomic E-state index is 16.1. The molecule has 0 bridgehead atoms. The number of amides is 8. The minimum Gasteiger partial charge on any atom is -0.457 e. The zero-order chi connectivity index (χ0) is 79.0. The van der Waals surface area contributed by atoms with Gasteiger partial charge in [0.2, 0.25) is 23.6 Å². The van der Waals surface area contributed by atoms with Gasteiger partial charge in [-0.25, -0.2) is 0 Å². The standard InChI is InChI=1S/C84H72F6N6O14/c1-39(2)45-13-21-51(22-14-45)107-61-31-55-67-56(80(102)95(79(55)101)59(35-83(85,86)87)77(99)93-65-29-49(37-105-65)91-75(97)43(9)10)33-63(109-53-25-17-47(18-26-53)41(5)6)71-72-64(110-54-27-19-48(20-28-54)42(7)8)34-58-68-57(32-62(70(74(68)72)69(61)73(67)71)108-52-23-15-46(16-24-52)40(3)4)81(103)96(82(58)104)60(36-84(88,89)90)78(100)94-66-30-50(38-106-66)92-76(98)44(11)12/h13-34,37-42,59-60H,9,11,35-36H2,1-8,10,12H3,(H,91,97)(H,92,98)(H,93,99)(H,94,100). The van der Waals surface area contributed by atoms with Crippen LogP contribution in [0.3, 0.4) is 0 Å². The van der Waals surface area contributed by atoms with Gasteiger partial charge < -0.3 is 38.4 Å². The summed E-state index contributed by atoms with van der Waals surface area (Å²) in [5, 5.41) is 8.40. The van der Waals surface area contributed by atoms with Crippen LogP contribution in [-0.4, -0.2) is 81.5 Å². The minimum atomic E-state index is -5.27. The van der Waals surface area contributed by atoms with Gasteiger partial charge in [-0.1, -0.05) is 117 Å². The minimum absolute atomic E-state index is 0.0161. The fraction of sp³-hybridized carbons (Fsp3) is 0.238. The molecule has 564 valence electrons. The van der Waals surface area contributed by atoms with E-state index in [0.717, 1.165) is 46.9 Å². The van der Waals surface area contributed by atoms with Crippen LogP contribution in [-0.2, 0) is 19.2 Å². The van der Waals surface area contributed by atoms with E-state index in [1.54, 1.807) is 97.1 Å². The van der Waals surface area contributed by atoms with Gasteiger partial charge in [0.05, 0.1) is 46.5 Å². The molecule has 20 nitrogen and oxygen atoms in total. The number of nitrogens with one attached hydrogen (secondary N) is 4. The summed E-state index contributed by atoms with van der Waals surface area (Å²) in [5.41, 5.74) is 1.43. The summed E-state index contributed by atoms with van der Waals surface area (Å²) in [5.74, 6) is -12.1. The summed E-state index contributed by atoms with van der Waals surface area (Å²) < 4.78 is 131. The van der Waals surface area contributed by atoms with Gasteiger partial charge in [-0.2, -0.15) is 26.3 Å². The van der Waals surface area contributed by atoms with Crippen LogP contribution in [0.1, 0.15) is 169 Å². The number of carbonyl (C=O) groups is 8. The van der Waals surface area contributed by atoms with Crippen molar-refractivity contribution in [1.29, 1.82) is 0 Å². The third-order valence-electron chi connectivity index (χ3n) is 19.1. The SMILES string of the molecule is C=C(C)C(=O)Nc1coc(NC(=O)C(CC(F)(F)F)N2C(=O)c3cc(Oc4ccc(C(C)C)cc4)c4c5c(Oc6ccc(C(C)C)cc6)cc6c7c(cc(Oc8ccc(C(C)C)cc8)c(c8c(Oc9ccc(C(C)C)cc9)cc(c3c48)C2=O)c75)C(=O)N(C(CC(F)(F)F)C(=O)Nc2cc(NC(=O)C(=C)C)co2)C6=O)c1. The molecule has 11 aromatic rings. The summed E-state index contributed by atoms with van der Waals surface area (Å²) in [6.45, 7) is 25.6. The molecule has 2 unspecified atom stereocenters. The Labute approximate surface area is 625 Å². The van der Waals surface area contributed by atoms with E-state index in [-0.39, 0.29) is 145 Å². The Kier molecular flexibility index (Phi) is 20.0. The number of imide groups is 2. The van der Waals surface area contributed by atoms with Gasteiger partial charge in [0.15, 0.2) is 0 Å². The molecule has 26 heteroatoms. The molecule has 110 heavy (non-hydrogen) atoms. The largest absolute Gasteiger partial charge is 0.457 e. The molecular weight excluding hydrogens is 1430 g/mol. The second-order valence-electron chi connectivity index (χ2n) is 28.5. The van der Waals surface area contributed by atoms with Gasteiger partial charge in [0, 0.05) is 66.4 Å². The van der Waals surface area contributed by atoms with Crippen molar-refractivity contribution < 1.29 is 92.5 Å². The van der Waals surface area contributed by atoms with Crippen LogP contribution < -0.4 is 40.2 Å². The molecule has 0 fully saturated rings. The highest BCUT2D eigenvalue weighted by Crippen LogP contribution is 2.59. The maximum Gasteiger partial charge on any atom is 0.391 e. The molecule has 4 N–H and O–H groups in total. The molecule has 0 saturated carbocycles. The second-order valence-corrected chi connectivity index (χ2v) is 28.5. The van der Waals surface area contributed by atoms with Crippen molar-refractivity contribution in [2.24, 2.45) is 0 Å². The highest BCUT2D eigenvalue weighted by Gasteiger charge is 2.50. The number of benzene rings is 9. The van der Waals surface area contributed by atoms with Crippen LogP contribution >= 0.6 is 0 Å². The summed E-state index contributed by atoms with van der Waals surface area (Å²) >= 11 is 0. The van der Waals surface area contributed by atoms with Crippen LogP contribution in [0.2, 0.25) is 0 Å². The van der Waals surface area contributed by atoms with E-state index >= 15 is 45.5 Å². The van der Waals surface area contributed by atoms with Crippen LogP contribution in [0.4, 0.5) is 49.5 Å². The average molecular weight is 1500 g/mol. The molecule has 2 aliphatic heterocycles. The third kappa shape index (κ3) is 14.8. The number of nitrogens with zero attached hydrogens (tertiary/aromatic N) is 2. The molecule has 2 aromatic heterocycles. The average Bonchev–Trinajstić information content (AvgIpc) is 0.818. The zero-order valence-corrected chi connectivity index (χ0v) is 61.0. The molecule has 8 amide bonds. The first-order valence-corrected chi connectivity index (χ1v) is 35.1. The third-order valence-corrected chi connectivity index (χ3v) is 19.1. The lowest BCUT2D eigenvalue weighted by Gasteiger charge is -2.36.